The molecule has 0 aliphatic carbocycles. The summed E-state index contributed by atoms with van der Waals surface area (Å²) in [5, 5.41) is 20.4. The largest absolute Gasteiger partial charge is 0.506 e. The Morgan fingerprint density at radius 2 is 2.00 bits per heavy atom. The molecule has 1 amide bonds. The Hall–Kier alpha value is -2.13. The number of hydrogen-bond acceptors (Lipinski definition) is 6. The molecule has 0 spiro atoms. The van der Waals surface area contributed by atoms with Gasteiger partial charge in [-0.1, -0.05) is 0 Å². The van der Waals surface area contributed by atoms with Crippen LogP contribution in [0.2, 0.25) is 0 Å². The van der Waals surface area contributed by atoms with Crippen LogP contribution in [0.25, 0.3) is 0 Å². The second-order valence-corrected chi connectivity index (χ2v) is 6.50. The second-order valence-electron chi connectivity index (χ2n) is 4.48. The number of amides is 1. The molecule has 0 aliphatic heterocycles. The Kier molecular flexibility index (Phi) is 5.28. The van der Waals surface area contributed by atoms with Crippen molar-refractivity contribution in [1.29, 1.82) is 0 Å². The van der Waals surface area contributed by atoms with Gasteiger partial charge in [-0.2, -0.15) is 0 Å². The van der Waals surface area contributed by atoms with Gasteiger partial charge in [-0.25, -0.2) is 8.42 Å². The minimum absolute atomic E-state index is 0.0743. The molecule has 0 radical (unpaired) electrons. The average Bonchev–Trinajstić information content (AvgIpc) is 2.36. The molecular weight excluding hydrogens is 300 g/mol. The molecule has 0 bridgehead atoms. The molecule has 1 aromatic rings. The highest BCUT2D eigenvalue weighted by atomic mass is 32.2. The fraction of sp³-hybridized carbons (Fsp3) is 0.333. The molecule has 8 nitrogen and oxygen atoms in total. The maximum Gasteiger partial charge on any atom is 0.303 e. The Morgan fingerprint density at radius 3 is 2.52 bits per heavy atom. The van der Waals surface area contributed by atoms with Gasteiger partial charge in [0.15, 0.2) is 9.84 Å². The average molecular weight is 316 g/mol. The van der Waals surface area contributed by atoms with Crippen LogP contribution in [0.15, 0.2) is 23.1 Å². The lowest BCUT2D eigenvalue weighted by atomic mass is 10.1. The molecule has 21 heavy (non-hydrogen) atoms. The van der Waals surface area contributed by atoms with E-state index in [-0.39, 0.29) is 29.2 Å². The highest BCUT2D eigenvalue weighted by Gasteiger charge is 2.18. The Morgan fingerprint density at radius 1 is 1.38 bits per heavy atom. The van der Waals surface area contributed by atoms with Crippen LogP contribution in [-0.4, -0.2) is 42.8 Å². The summed E-state index contributed by atoms with van der Waals surface area (Å²) in [5.41, 5.74) is 5.41. The van der Waals surface area contributed by atoms with Crippen molar-refractivity contribution < 1.29 is 28.2 Å². The summed E-state index contributed by atoms with van der Waals surface area (Å²) >= 11 is 0. The number of rotatable bonds is 6. The van der Waals surface area contributed by atoms with Crippen molar-refractivity contribution in [3.05, 3.63) is 18.2 Å². The maximum atomic E-state index is 11.7. The lowest BCUT2D eigenvalue weighted by Crippen LogP contribution is -2.36. The number of anilines is 1. The summed E-state index contributed by atoms with van der Waals surface area (Å²) in [6.45, 7) is 0. The highest BCUT2D eigenvalue weighted by molar-refractivity contribution is 7.90. The Labute approximate surface area is 121 Å². The van der Waals surface area contributed by atoms with E-state index >= 15 is 0 Å². The van der Waals surface area contributed by atoms with E-state index in [9.17, 15) is 23.1 Å². The SMILES string of the molecule is CS(=O)(=O)c1ccc(O)c(NC(=O)C(N)CCC(=O)O)c1. The van der Waals surface area contributed by atoms with Gasteiger partial charge in [-0.15, -0.1) is 0 Å². The Bertz CT molecular complexity index is 656. The molecule has 1 rings (SSSR count). The first-order valence-corrected chi connectivity index (χ1v) is 7.81. The topological polar surface area (TPSA) is 147 Å². The number of carbonyl (C=O) groups excluding carboxylic acids is 1. The summed E-state index contributed by atoms with van der Waals surface area (Å²) in [6.07, 6.45) is 0.640. The van der Waals surface area contributed by atoms with Gasteiger partial charge >= 0.3 is 5.97 Å². The van der Waals surface area contributed by atoms with E-state index in [0.717, 1.165) is 18.4 Å². The fourth-order valence-corrected chi connectivity index (χ4v) is 2.13. The van der Waals surface area contributed by atoms with Gasteiger partial charge < -0.3 is 21.3 Å². The van der Waals surface area contributed by atoms with Crippen molar-refractivity contribution in [1.82, 2.24) is 0 Å². The van der Waals surface area contributed by atoms with Crippen LogP contribution >= 0.6 is 0 Å². The lowest BCUT2D eigenvalue weighted by molar-refractivity contribution is -0.137. The molecule has 116 valence electrons. The van der Waals surface area contributed by atoms with Crippen LogP contribution in [-0.2, 0) is 19.4 Å². The van der Waals surface area contributed by atoms with Gasteiger partial charge in [0.1, 0.15) is 5.75 Å². The summed E-state index contributed by atoms with van der Waals surface area (Å²) in [4.78, 5) is 22.1. The van der Waals surface area contributed by atoms with Gasteiger partial charge in [0, 0.05) is 12.7 Å². The number of sulfone groups is 1. The van der Waals surface area contributed by atoms with Gasteiger partial charge in [-0.3, -0.25) is 9.59 Å². The summed E-state index contributed by atoms with van der Waals surface area (Å²) < 4.78 is 22.8. The van der Waals surface area contributed by atoms with Crippen molar-refractivity contribution in [3.8, 4) is 5.75 Å². The molecule has 5 N–H and O–H groups in total. The van der Waals surface area contributed by atoms with E-state index in [2.05, 4.69) is 5.32 Å². The number of benzene rings is 1. The number of carbonyl (C=O) groups is 2. The van der Waals surface area contributed by atoms with Gasteiger partial charge in [0.25, 0.3) is 0 Å². The van der Waals surface area contributed by atoms with E-state index in [4.69, 9.17) is 10.8 Å². The standard InChI is InChI=1S/C12H16N2O6S/c1-21(19,20)7-2-4-10(15)9(6-7)14-12(18)8(13)3-5-11(16)17/h2,4,6,8,15H,3,5,13H2,1H3,(H,14,18)(H,16,17). The molecular formula is C12H16N2O6S. The number of nitrogens with one attached hydrogen (secondary N) is 1. The van der Waals surface area contributed by atoms with Gasteiger partial charge in [0.2, 0.25) is 5.91 Å². The normalized spacial score (nSPS) is 12.7. The predicted molar refractivity (Wildman–Crippen MR) is 74.7 cm³/mol. The molecule has 0 aromatic heterocycles. The van der Waals surface area contributed by atoms with Gasteiger partial charge in [-0.05, 0) is 24.6 Å². The predicted octanol–water partition coefficient (Wildman–Crippen LogP) is -0.0737. The van der Waals surface area contributed by atoms with E-state index in [1.54, 1.807) is 0 Å². The first kappa shape index (κ1) is 16.9. The van der Waals surface area contributed by atoms with E-state index < -0.39 is 27.8 Å². The number of aromatic hydroxyl groups is 1. The lowest BCUT2D eigenvalue weighted by Gasteiger charge is -2.13. The number of phenols is 1. The zero-order chi connectivity index (χ0) is 16.2. The van der Waals surface area contributed by atoms with Crippen molar-refractivity contribution in [2.45, 2.75) is 23.8 Å². The molecule has 1 aromatic carbocycles. The van der Waals surface area contributed by atoms with Gasteiger partial charge in [0.05, 0.1) is 16.6 Å². The monoisotopic (exact) mass is 316 g/mol. The summed E-state index contributed by atoms with van der Waals surface area (Å²) in [5.74, 6) is -2.11. The highest BCUT2D eigenvalue weighted by Crippen LogP contribution is 2.26. The fourth-order valence-electron chi connectivity index (χ4n) is 1.48. The maximum absolute atomic E-state index is 11.7. The number of carboxylic acid groups (broad SMARTS) is 1. The first-order valence-electron chi connectivity index (χ1n) is 5.92. The van der Waals surface area contributed by atoms with Crippen molar-refractivity contribution in [2.75, 3.05) is 11.6 Å². The molecule has 9 heteroatoms. The van der Waals surface area contributed by atoms with Crippen LogP contribution in [0, 0.1) is 0 Å². The van der Waals surface area contributed by atoms with Crippen LogP contribution in [0.5, 0.6) is 5.75 Å². The zero-order valence-electron chi connectivity index (χ0n) is 11.2. The minimum Gasteiger partial charge on any atom is -0.506 e. The molecule has 0 heterocycles. The molecule has 0 saturated carbocycles. The summed E-state index contributed by atoms with van der Waals surface area (Å²) in [6, 6.07) is 2.36. The molecule has 1 unspecified atom stereocenters. The summed E-state index contributed by atoms with van der Waals surface area (Å²) in [7, 11) is -3.49. The third-order valence-corrected chi connectivity index (χ3v) is 3.77. The molecule has 0 aliphatic rings. The zero-order valence-corrected chi connectivity index (χ0v) is 12.1. The van der Waals surface area contributed by atoms with Crippen LogP contribution in [0.1, 0.15) is 12.8 Å². The molecule has 0 saturated heterocycles. The smallest absolute Gasteiger partial charge is 0.303 e. The first-order chi connectivity index (χ1) is 9.61. The quantitative estimate of drug-likeness (QED) is 0.537. The third kappa shape index (κ3) is 5.04. The van der Waals surface area contributed by atoms with Crippen molar-refractivity contribution in [3.63, 3.8) is 0 Å². The number of hydrogen-bond donors (Lipinski definition) is 4. The molecule has 1 atom stereocenters. The number of phenolic OH excluding ortho intramolecular Hbond substituents is 1. The van der Waals surface area contributed by atoms with E-state index in [1.165, 1.54) is 6.07 Å². The van der Waals surface area contributed by atoms with Crippen molar-refractivity contribution >= 4 is 27.4 Å². The Balaban J connectivity index is 2.87. The number of aliphatic carboxylic acids is 1. The number of nitrogens with two attached hydrogens (primary N) is 1. The second kappa shape index (κ2) is 6.55. The number of carboxylic acids is 1. The molecule has 0 fully saturated rings. The van der Waals surface area contributed by atoms with Crippen LogP contribution in [0.4, 0.5) is 5.69 Å². The van der Waals surface area contributed by atoms with Crippen LogP contribution < -0.4 is 11.1 Å². The van der Waals surface area contributed by atoms with Crippen molar-refractivity contribution in [2.24, 2.45) is 5.73 Å². The van der Waals surface area contributed by atoms with E-state index in [1.807, 2.05) is 0 Å². The van der Waals surface area contributed by atoms with E-state index in [0.29, 0.717) is 0 Å². The van der Waals surface area contributed by atoms with Crippen LogP contribution in [0.3, 0.4) is 0 Å². The third-order valence-electron chi connectivity index (χ3n) is 2.66. The minimum atomic E-state index is -3.49.